The minimum Gasteiger partial charge on any atom is -0.459 e. The lowest BCUT2D eigenvalue weighted by Gasteiger charge is -2.60. The van der Waals surface area contributed by atoms with Crippen molar-refractivity contribution >= 4 is 17.7 Å². The SMILES string of the molecule is C=CCO[C@@]12Oc3ccc(OC(=O)NCc4ccccc4)cc3[C@H]3[C@H](CCCCO)[C@@H](CCCCO)C=C(C(=NOC(C)(C)C)C[C@@H]1N(CCOCCO)C(=O)C1CC1)[C@H]32. The van der Waals surface area contributed by atoms with Crippen LogP contribution >= 0.6 is 0 Å². The first-order valence-electron chi connectivity index (χ1n) is 21.8. The average Bonchev–Trinajstić information content (AvgIpc) is 4.09. The van der Waals surface area contributed by atoms with Gasteiger partial charge in [-0.15, -0.1) is 6.58 Å². The molecule has 4 N–H and O–H groups in total. The summed E-state index contributed by atoms with van der Waals surface area (Å²) >= 11 is 0. The fourth-order valence-electron chi connectivity index (χ4n) is 9.13. The number of benzene rings is 2. The summed E-state index contributed by atoms with van der Waals surface area (Å²) in [4.78, 5) is 35.8. The Labute approximate surface area is 354 Å². The molecule has 2 amide bonds. The first-order valence-corrected chi connectivity index (χ1v) is 21.8. The summed E-state index contributed by atoms with van der Waals surface area (Å²) < 4.78 is 26.0. The van der Waals surface area contributed by atoms with Gasteiger partial charge in [0.25, 0.3) is 0 Å². The van der Waals surface area contributed by atoms with Crippen molar-refractivity contribution in [2.75, 3.05) is 46.2 Å². The highest BCUT2D eigenvalue weighted by molar-refractivity contribution is 6.03. The third kappa shape index (κ3) is 11.0. The predicted molar refractivity (Wildman–Crippen MR) is 227 cm³/mol. The molecule has 0 spiro atoms. The summed E-state index contributed by atoms with van der Waals surface area (Å²) in [5.41, 5.74) is 2.81. The van der Waals surface area contributed by atoms with Gasteiger partial charge in [-0.05, 0) is 100 Å². The molecule has 0 radical (unpaired) electrons. The van der Waals surface area contributed by atoms with E-state index in [1.807, 2.05) is 68.1 Å². The smallest absolute Gasteiger partial charge is 0.412 e. The maximum absolute atomic E-state index is 14.5. The second-order valence-corrected chi connectivity index (χ2v) is 17.3. The zero-order valence-corrected chi connectivity index (χ0v) is 35.6. The molecule has 6 rings (SSSR count). The molecule has 0 unspecified atom stereocenters. The minimum atomic E-state index is -1.42. The monoisotopic (exact) mass is 831 g/mol. The second-order valence-electron chi connectivity index (χ2n) is 17.3. The van der Waals surface area contributed by atoms with Crippen LogP contribution in [0, 0.1) is 23.7 Å². The van der Waals surface area contributed by atoms with Crippen molar-refractivity contribution in [1.29, 1.82) is 0 Å². The normalized spacial score (nSPS) is 25.0. The van der Waals surface area contributed by atoms with E-state index in [1.165, 1.54) is 0 Å². The third-order valence-electron chi connectivity index (χ3n) is 11.9. The Bertz CT molecular complexity index is 1810. The number of fused-ring (bicyclic) bond motifs is 2. The summed E-state index contributed by atoms with van der Waals surface area (Å²) in [6, 6.07) is 14.4. The van der Waals surface area contributed by atoms with Crippen LogP contribution in [0.25, 0.3) is 0 Å². The van der Waals surface area contributed by atoms with Crippen LogP contribution in [-0.4, -0.2) is 102 Å². The largest absolute Gasteiger partial charge is 0.459 e. The number of nitrogens with one attached hydrogen (secondary N) is 1. The molecule has 1 aliphatic heterocycles. The molecule has 2 saturated carbocycles. The third-order valence-corrected chi connectivity index (χ3v) is 11.9. The maximum Gasteiger partial charge on any atom is 0.412 e. The van der Waals surface area contributed by atoms with Crippen LogP contribution in [0.4, 0.5) is 4.79 Å². The number of amides is 2. The molecular weight excluding hydrogens is 767 g/mol. The van der Waals surface area contributed by atoms with Gasteiger partial charge < -0.3 is 49.3 Å². The van der Waals surface area contributed by atoms with Gasteiger partial charge in [-0.3, -0.25) is 4.79 Å². The van der Waals surface area contributed by atoms with Gasteiger partial charge in [-0.25, -0.2) is 4.79 Å². The molecule has 2 aromatic carbocycles. The zero-order valence-electron chi connectivity index (χ0n) is 35.6. The van der Waals surface area contributed by atoms with Crippen molar-refractivity contribution in [3.63, 3.8) is 0 Å². The molecule has 2 fully saturated rings. The predicted octanol–water partition coefficient (Wildman–Crippen LogP) is 6.65. The molecule has 0 bridgehead atoms. The van der Waals surface area contributed by atoms with Gasteiger partial charge in [0, 0.05) is 50.1 Å². The van der Waals surface area contributed by atoms with Crippen LogP contribution in [0.15, 0.2) is 78.0 Å². The highest BCUT2D eigenvalue weighted by atomic mass is 16.7. The number of carbonyl (C=O) groups is 2. The van der Waals surface area contributed by atoms with E-state index in [0.29, 0.717) is 36.6 Å². The van der Waals surface area contributed by atoms with Crippen LogP contribution in [0.5, 0.6) is 11.5 Å². The van der Waals surface area contributed by atoms with Crippen molar-refractivity contribution in [2.24, 2.45) is 28.8 Å². The number of oxime groups is 1. The number of nitrogens with zero attached hydrogens (tertiary/aromatic N) is 2. The number of carbonyl (C=O) groups excluding carboxylic acids is 2. The molecule has 1 heterocycles. The number of hydrogen-bond donors (Lipinski definition) is 4. The lowest BCUT2D eigenvalue weighted by molar-refractivity contribution is -0.258. The number of ether oxygens (including phenoxy) is 4. The Kier molecular flexibility index (Phi) is 15.8. The maximum atomic E-state index is 14.5. The highest BCUT2D eigenvalue weighted by Crippen LogP contribution is 2.62. The van der Waals surface area contributed by atoms with E-state index in [9.17, 15) is 24.9 Å². The fraction of sp³-hybridized carbons (Fsp3) is 0.596. The quantitative estimate of drug-likeness (QED) is 0.0573. The van der Waals surface area contributed by atoms with Gasteiger partial charge in [0.15, 0.2) is 0 Å². The average molecular weight is 832 g/mol. The molecule has 60 heavy (non-hydrogen) atoms. The molecule has 4 aliphatic rings. The Morgan fingerprint density at radius 3 is 2.43 bits per heavy atom. The highest BCUT2D eigenvalue weighted by Gasteiger charge is 2.66. The van der Waals surface area contributed by atoms with Crippen LogP contribution < -0.4 is 14.8 Å². The lowest BCUT2D eigenvalue weighted by atomic mass is 9.55. The van der Waals surface area contributed by atoms with Gasteiger partial charge in [-0.2, -0.15) is 0 Å². The summed E-state index contributed by atoms with van der Waals surface area (Å²) in [6.45, 7) is 10.9. The number of allylic oxidation sites excluding steroid dienone is 1. The molecular formula is C47H65N3O10. The Morgan fingerprint density at radius 2 is 1.75 bits per heavy atom. The van der Waals surface area contributed by atoms with Gasteiger partial charge in [0.05, 0.1) is 38.1 Å². The van der Waals surface area contributed by atoms with Crippen LogP contribution in [0.2, 0.25) is 0 Å². The summed E-state index contributed by atoms with van der Waals surface area (Å²) in [5.74, 6) is -1.37. The first-order chi connectivity index (χ1) is 29.0. The summed E-state index contributed by atoms with van der Waals surface area (Å²) in [5, 5.41) is 37.1. The number of aliphatic hydroxyl groups is 3. The number of rotatable bonds is 22. The Hall–Kier alpha value is -4.27. The van der Waals surface area contributed by atoms with Gasteiger partial charge >= 0.3 is 6.09 Å². The van der Waals surface area contributed by atoms with E-state index in [1.54, 1.807) is 12.1 Å². The molecule has 13 nitrogen and oxygen atoms in total. The molecule has 6 atom stereocenters. The fourth-order valence-corrected chi connectivity index (χ4v) is 9.13. The first kappa shape index (κ1) is 45.3. The van der Waals surface area contributed by atoms with Gasteiger partial charge in [-0.1, -0.05) is 60.5 Å². The van der Waals surface area contributed by atoms with Crippen molar-refractivity contribution < 1.29 is 48.7 Å². The number of hydrogen-bond acceptors (Lipinski definition) is 11. The topological polar surface area (TPSA) is 169 Å². The van der Waals surface area contributed by atoms with Crippen molar-refractivity contribution in [2.45, 2.75) is 108 Å². The number of aliphatic hydroxyl groups excluding tert-OH is 3. The van der Waals surface area contributed by atoms with Crippen molar-refractivity contribution in [1.82, 2.24) is 10.2 Å². The van der Waals surface area contributed by atoms with Gasteiger partial charge in [0.1, 0.15) is 23.1 Å². The van der Waals surface area contributed by atoms with Gasteiger partial charge in [0.2, 0.25) is 11.7 Å². The van der Waals surface area contributed by atoms with E-state index >= 15 is 0 Å². The zero-order chi connectivity index (χ0) is 42.7. The Balaban J connectivity index is 1.52. The van der Waals surface area contributed by atoms with E-state index in [4.69, 9.17) is 28.9 Å². The molecule has 328 valence electrons. The van der Waals surface area contributed by atoms with Crippen LogP contribution in [0.3, 0.4) is 0 Å². The molecule has 0 saturated heterocycles. The summed E-state index contributed by atoms with van der Waals surface area (Å²) in [6.07, 6.45) is 9.69. The van der Waals surface area contributed by atoms with Crippen molar-refractivity contribution in [3.8, 4) is 11.5 Å². The van der Waals surface area contributed by atoms with Crippen LogP contribution in [-0.2, 0) is 25.7 Å². The van der Waals surface area contributed by atoms with E-state index < -0.39 is 29.4 Å². The number of unbranched alkanes of at least 4 members (excludes halogenated alkanes) is 2. The lowest BCUT2D eigenvalue weighted by Crippen LogP contribution is -2.70. The molecule has 3 aliphatic carbocycles. The second kappa shape index (κ2) is 21.0. The molecule has 13 heteroatoms. The minimum absolute atomic E-state index is 0.00418. The Morgan fingerprint density at radius 1 is 1.00 bits per heavy atom. The van der Waals surface area contributed by atoms with Crippen LogP contribution in [0.1, 0.15) is 95.6 Å². The van der Waals surface area contributed by atoms with E-state index in [0.717, 1.165) is 55.2 Å². The molecule has 2 aromatic rings. The van der Waals surface area contributed by atoms with Crippen molar-refractivity contribution in [3.05, 3.63) is 84.0 Å². The van der Waals surface area contributed by atoms with E-state index in [2.05, 4.69) is 18.0 Å². The standard InChI is InChI=1S/C47H65N3O10/c1-5-25-57-47-41(50(21-26-56-27-24-53)44(54)33-17-18-33)30-39(49-60-46(2,3)4)37-28-34(15-9-11-22-51)36(16-10-12-23-52)42(43(37)47)38-29-35(19-20-40(38)59-47)58-45(55)48-31-32-13-7-6-8-14-32/h5-8,13-14,19-20,28-29,33-34,36,41-43,51-53H,1,9-12,15-18,21-27,30-31H2,2-4H3,(H,48,55)/t34-,36+,41-,42+,43+,47+/m0/s1. The van der Waals surface area contributed by atoms with E-state index in [-0.39, 0.29) is 82.2 Å². The molecule has 0 aromatic heterocycles. The summed E-state index contributed by atoms with van der Waals surface area (Å²) in [7, 11) is 0.